The molecule has 0 fully saturated rings. The number of ether oxygens (including phenoxy) is 2. The van der Waals surface area contributed by atoms with Crippen LogP contribution in [-0.4, -0.2) is 23.7 Å². The molecule has 3 aromatic carbocycles. The van der Waals surface area contributed by atoms with Crippen molar-refractivity contribution in [1.82, 2.24) is 9.97 Å². The Balaban J connectivity index is 1.63. The van der Waals surface area contributed by atoms with Gasteiger partial charge in [-0.1, -0.05) is 24.3 Å². The van der Waals surface area contributed by atoms with Crippen molar-refractivity contribution in [2.75, 3.05) is 24.8 Å². The number of benzene rings is 3. The first-order chi connectivity index (χ1) is 18.0. The van der Waals surface area contributed by atoms with E-state index in [0.717, 1.165) is 39.4 Å². The number of hydrogen-bond acceptors (Lipinski definition) is 6. The summed E-state index contributed by atoms with van der Waals surface area (Å²) in [5.74, 6) is -0.00650. The van der Waals surface area contributed by atoms with Gasteiger partial charge in [-0.05, 0) is 55.0 Å². The monoisotopic (exact) mass is 498 g/mol. The van der Waals surface area contributed by atoms with Crippen LogP contribution in [0.15, 0.2) is 79.0 Å². The molecule has 0 spiro atoms. The number of pyridine rings is 2. The van der Waals surface area contributed by atoms with Crippen LogP contribution in [0, 0.1) is 11.6 Å². The second-order valence-corrected chi connectivity index (χ2v) is 8.25. The maximum absolute atomic E-state index is 14.5. The highest BCUT2D eigenvalue weighted by atomic mass is 19.1. The largest absolute Gasteiger partial charge is 0.493 e. The van der Waals surface area contributed by atoms with Crippen LogP contribution in [0.25, 0.3) is 33.2 Å². The van der Waals surface area contributed by atoms with Crippen molar-refractivity contribution in [3.05, 3.63) is 90.6 Å². The molecule has 2 heterocycles. The second kappa shape index (κ2) is 10.1. The Morgan fingerprint density at radius 2 is 1.76 bits per heavy atom. The molecule has 5 rings (SSSR count). The zero-order valence-electron chi connectivity index (χ0n) is 20.3. The van der Waals surface area contributed by atoms with Gasteiger partial charge in [0.05, 0.1) is 24.9 Å². The molecule has 2 aromatic heterocycles. The van der Waals surface area contributed by atoms with Crippen molar-refractivity contribution in [1.29, 1.82) is 0 Å². The molecule has 0 amide bonds. The Kier molecular flexibility index (Phi) is 6.55. The van der Waals surface area contributed by atoms with Gasteiger partial charge in [0.2, 0.25) is 5.88 Å². The van der Waals surface area contributed by atoms with E-state index in [1.165, 1.54) is 19.2 Å². The Bertz CT molecular complexity index is 1610. The van der Waals surface area contributed by atoms with E-state index in [9.17, 15) is 8.78 Å². The van der Waals surface area contributed by atoms with Crippen LogP contribution in [0.2, 0.25) is 0 Å². The summed E-state index contributed by atoms with van der Waals surface area (Å²) in [4.78, 5) is 8.87. The minimum atomic E-state index is -0.729. The van der Waals surface area contributed by atoms with Gasteiger partial charge in [0.25, 0.3) is 0 Å². The second-order valence-electron chi connectivity index (χ2n) is 8.25. The molecule has 0 atom stereocenters. The van der Waals surface area contributed by atoms with Gasteiger partial charge in [0.15, 0.2) is 0 Å². The third-order valence-corrected chi connectivity index (χ3v) is 5.93. The maximum atomic E-state index is 14.5. The molecule has 0 saturated carbocycles. The van der Waals surface area contributed by atoms with Crippen LogP contribution < -0.4 is 20.5 Å². The van der Waals surface area contributed by atoms with Crippen molar-refractivity contribution in [3.63, 3.8) is 0 Å². The summed E-state index contributed by atoms with van der Waals surface area (Å²) >= 11 is 0. The molecular weight excluding hydrogens is 474 g/mol. The Morgan fingerprint density at radius 3 is 2.54 bits per heavy atom. The van der Waals surface area contributed by atoms with Gasteiger partial charge >= 0.3 is 0 Å². The molecule has 186 valence electrons. The Hall–Kier alpha value is -4.72. The first-order valence-electron chi connectivity index (χ1n) is 11.7. The highest BCUT2D eigenvalue weighted by Crippen LogP contribution is 2.39. The van der Waals surface area contributed by atoms with Gasteiger partial charge in [0, 0.05) is 34.3 Å². The lowest BCUT2D eigenvalue weighted by atomic mass is 9.99. The van der Waals surface area contributed by atoms with Gasteiger partial charge in [0.1, 0.15) is 28.9 Å². The molecule has 0 aliphatic rings. The SMILES string of the molecule is CCOc1ccccc1-c1cc2cc(-c3ccnc(OC)c3Nc3ccc(F)cc3F)ccc2nc1N. The molecule has 8 heteroatoms. The van der Waals surface area contributed by atoms with E-state index in [1.807, 2.05) is 55.5 Å². The van der Waals surface area contributed by atoms with E-state index in [2.05, 4.69) is 15.3 Å². The van der Waals surface area contributed by atoms with Crippen molar-refractivity contribution < 1.29 is 18.3 Å². The van der Waals surface area contributed by atoms with Gasteiger partial charge in [-0.3, -0.25) is 0 Å². The van der Waals surface area contributed by atoms with Crippen LogP contribution in [0.4, 0.5) is 26.0 Å². The molecule has 5 aromatic rings. The van der Waals surface area contributed by atoms with Crippen LogP contribution in [0.5, 0.6) is 11.6 Å². The maximum Gasteiger partial charge on any atom is 0.238 e. The molecule has 0 saturated heterocycles. The number of halogens is 2. The molecule has 0 bridgehead atoms. The number of nitrogen functional groups attached to an aromatic ring is 1. The zero-order valence-corrected chi connectivity index (χ0v) is 20.3. The smallest absolute Gasteiger partial charge is 0.238 e. The van der Waals surface area contributed by atoms with Crippen molar-refractivity contribution >= 4 is 28.1 Å². The molecule has 0 aliphatic heterocycles. The molecule has 6 nitrogen and oxygen atoms in total. The van der Waals surface area contributed by atoms with Crippen molar-refractivity contribution in [3.8, 4) is 33.9 Å². The average molecular weight is 499 g/mol. The summed E-state index contributed by atoms with van der Waals surface area (Å²) in [6, 6.07) is 20.5. The summed E-state index contributed by atoms with van der Waals surface area (Å²) in [5, 5.41) is 3.87. The first kappa shape index (κ1) is 24.0. The van der Waals surface area contributed by atoms with E-state index in [1.54, 1.807) is 12.3 Å². The average Bonchev–Trinajstić information content (AvgIpc) is 2.90. The molecule has 3 N–H and O–H groups in total. The highest BCUT2D eigenvalue weighted by molar-refractivity contribution is 5.94. The predicted octanol–water partition coefficient (Wildman–Crippen LogP) is 6.98. The van der Waals surface area contributed by atoms with E-state index < -0.39 is 11.6 Å². The third-order valence-electron chi connectivity index (χ3n) is 5.93. The van der Waals surface area contributed by atoms with Crippen molar-refractivity contribution in [2.45, 2.75) is 6.92 Å². The molecular formula is C29H24F2N4O2. The summed E-state index contributed by atoms with van der Waals surface area (Å²) in [6.07, 6.45) is 1.61. The van der Waals surface area contributed by atoms with Crippen molar-refractivity contribution in [2.24, 2.45) is 0 Å². The lowest BCUT2D eigenvalue weighted by Gasteiger charge is -2.16. The number of anilines is 3. The normalized spacial score (nSPS) is 10.9. The minimum absolute atomic E-state index is 0.0963. The van der Waals surface area contributed by atoms with E-state index in [-0.39, 0.29) is 11.6 Å². The van der Waals surface area contributed by atoms with E-state index in [4.69, 9.17) is 15.2 Å². The number of hydrogen-bond donors (Lipinski definition) is 2. The molecule has 37 heavy (non-hydrogen) atoms. The number of methoxy groups -OCH3 is 1. The predicted molar refractivity (Wildman–Crippen MR) is 142 cm³/mol. The number of para-hydroxylation sites is 1. The van der Waals surface area contributed by atoms with Crippen LogP contribution in [0.3, 0.4) is 0 Å². The van der Waals surface area contributed by atoms with Gasteiger partial charge < -0.3 is 20.5 Å². The third kappa shape index (κ3) is 4.73. The van der Waals surface area contributed by atoms with Gasteiger partial charge in [-0.25, -0.2) is 18.7 Å². The number of nitrogens with one attached hydrogen (secondary N) is 1. The number of fused-ring (bicyclic) bond motifs is 1. The lowest BCUT2D eigenvalue weighted by Crippen LogP contribution is -2.01. The van der Waals surface area contributed by atoms with Crippen LogP contribution in [0.1, 0.15) is 6.92 Å². The molecule has 0 unspecified atom stereocenters. The number of nitrogens with zero attached hydrogens (tertiary/aromatic N) is 2. The number of rotatable bonds is 7. The van der Waals surface area contributed by atoms with Crippen LogP contribution in [-0.2, 0) is 0 Å². The standard InChI is InChI=1S/C29H24F2N4O2/c1-3-37-26-7-5-4-6-21(26)22-15-18-14-17(8-10-24(18)35-28(22)32)20-12-13-33-29(36-2)27(20)34-25-11-9-19(30)16-23(25)31/h4-16,34H,3H2,1-2H3,(H2,32,35). The fraction of sp³-hybridized carbons (Fsp3) is 0.103. The quantitative estimate of drug-likeness (QED) is 0.252. The fourth-order valence-electron chi connectivity index (χ4n) is 4.23. The fourth-order valence-corrected chi connectivity index (χ4v) is 4.23. The Morgan fingerprint density at radius 1 is 0.919 bits per heavy atom. The summed E-state index contributed by atoms with van der Waals surface area (Å²) < 4.78 is 39.1. The van der Waals surface area contributed by atoms with E-state index in [0.29, 0.717) is 23.7 Å². The number of aromatic nitrogens is 2. The molecule has 0 radical (unpaired) electrons. The van der Waals surface area contributed by atoms with Gasteiger partial charge in [-0.2, -0.15) is 0 Å². The minimum Gasteiger partial charge on any atom is -0.493 e. The first-order valence-corrected chi connectivity index (χ1v) is 11.7. The van der Waals surface area contributed by atoms with Gasteiger partial charge in [-0.15, -0.1) is 0 Å². The summed E-state index contributed by atoms with van der Waals surface area (Å²) in [7, 11) is 1.48. The number of nitrogens with two attached hydrogens (primary N) is 1. The van der Waals surface area contributed by atoms with Crippen LogP contribution >= 0.6 is 0 Å². The Labute approximate surface area is 212 Å². The topological polar surface area (TPSA) is 82.3 Å². The summed E-state index contributed by atoms with van der Waals surface area (Å²) in [6.45, 7) is 2.45. The molecule has 0 aliphatic carbocycles. The summed E-state index contributed by atoms with van der Waals surface area (Å²) in [5.41, 5.74) is 10.7. The lowest BCUT2D eigenvalue weighted by molar-refractivity contribution is 0.341. The zero-order chi connectivity index (χ0) is 25.9. The highest BCUT2D eigenvalue weighted by Gasteiger charge is 2.17. The van der Waals surface area contributed by atoms with E-state index >= 15 is 0 Å².